The number of hydrogen-bond donors (Lipinski definition) is 2. The van der Waals surface area contributed by atoms with Crippen molar-refractivity contribution in [3.8, 4) is 0 Å². The van der Waals surface area contributed by atoms with Gasteiger partial charge in [-0.1, -0.05) is 37.5 Å². The molecule has 1 aromatic carbocycles. The van der Waals surface area contributed by atoms with E-state index in [9.17, 15) is 0 Å². The van der Waals surface area contributed by atoms with E-state index in [1.165, 1.54) is 48.6 Å². The maximum Gasteiger partial charge on any atom is 0.0499 e. The van der Waals surface area contributed by atoms with Crippen molar-refractivity contribution in [2.45, 2.75) is 51.6 Å². The van der Waals surface area contributed by atoms with E-state index in [0.29, 0.717) is 6.04 Å². The average Bonchev–Trinajstić information content (AvgIpc) is 2.94. The van der Waals surface area contributed by atoms with Crippen LogP contribution in [0.4, 0.5) is 0 Å². The van der Waals surface area contributed by atoms with Gasteiger partial charge in [-0.05, 0) is 42.7 Å². The lowest BCUT2D eigenvalue weighted by Crippen LogP contribution is -2.34. The third kappa shape index (κ3) is 2.84. The van der Waals surface area contributed by atoms with Crippen molar-refractivity contribution in [2.24, 2.45) is 5.92 Å². The molecule has 1 aromatic heterocycles. The molecule has 2 heteroatoms. The van der Waals surface area contributed by atoms with Crippen LogP contribution in [0.1, 0.15) is 44.6 Å². The standard InChI is InChI=1S/C17H24N2/c1-13(14-6-3-2-4-7-14)19-12-16-9-5-8-15-10-11-18-17(15)16/h5,8-11,13-14,18-19H,2-4,6-7,12H2,1H3/t13-/m1/s1. The number of nitrogens with one attached hydrogen (secondary N) is 2. The van der Waals surface area contributed by atoms with Crippen LogP contribution in [0.25, 0.3) is 10.9 Å². The van der Waals surface area contributed by atoms with E-state index in [4.69, 9.17) is 0 Å². The molecule has 2 N–H and O–H groups in total. The Morgan fingerprint density at radius 3 is 2.89 bits per heavy atom. The molecule has 0 radical (unpaired) electrons. The van der Waals surface area contributed by atoms with Gasteiger partial charge in [0.05, 0.1) is 0 Å². The van der Waals surface area contributed by atoms with Crippen molar-refractivity contribution >= 4 is 10.9 Å². The van der Waals surface area contributed by atoms with Crippen LogP contribution in [0.2, 0.25) is 0 Å². The molecule has 1 aliphatic rings. The van der Waals surface area contributed by atoms with E-state index in [1.807, 2.05) is 6.20 Å². The molecule has 0 bridgehead atoms. The summed E-state index contributed by atoms with van der Waals surface area (Å²) in [5, 5.41) is 5.04. The Morgan fingerprint density at radius 2 is 2.05 bits per heavy atom. The van der Waals surface area contributed by atoms with Gasteiger partial charge < -0.3 is 10.3 Å². The van der Waals surface area contributed by atoms with Crippen molar-refractivity contribution in [3.05, 3.63) is 36.0 Å². The Hall–Kier alpha value is -1.28. The molecule has 1 heterocycles. The highest BCUT2D eigenvalue weighted by atomic mass is 14.9. The molecular weight excluding hydrogens is 232 g/mol. The third-order valence-corrected chi connectivity index (χ3v) is 4.64. The van der Waals surface area contributed by atoms with Crippen molar-refractivity contribution < 1.29 is 0 Å². The smallest absolute Gasteiger partial charge is 0.0499 e. The quantitative estimate of drug-likeness (QED) is 0.842. The Kier molecular flexibility index (Phi) is 3.88. The molecule has 1 saturated carbocycles. The lowest BCUT2D eigenvalue weighted by atomic mass is 9.84. The molecule has 0 spiro atoms. The SMILES string of the molecule is C[C@@H](NCc1cccc2cc[nH]c12)C1CCCCC1. The van der Waals surface area contributed by atoms with Gasteiger partial charge in [0.25, 0.3) is 0 Å². The largest absolute Gasteiger partial charge is 0.361 e. The normalized spacial score (nSPS) is 18.8. The zero-order valence-corrected chi connectivity index (χ0v) is 11.8. The first-order valence-electron chi connectivity index (χ1n) is 7.63. The van der Waals surface area contributed by atoms with Crippen LogP contribution in [0.3, 0.4) is 0 Å². The van der Waals surface area contributed by atoms with E-state index in [1.54, 1.807) is 0 Å². The average molecular weight is 256 g/mol. The van der Waals surface area contributed by atoms with E-state index in [0.717, 1.165) is 12.5 Å². The number of fused-ring (bicyclic) bond motifs is 1. The summed E-state index contributed by atoms with van der Waals surface area (Å²) in [7, 11) is 0. The summed E-state index contributed by atoms with van der Waals surface area (Å²) in [6.07, 6.45) is 9.11. The molecule has 0 aliphatic heterocycles. The van der Waals surface area contributed by atoms with E-state index >= 15 is 0 Å². The van der Waals surface area contributed by atoms with E-state index in [-0.39, 0.29) is 0 Å². The van der Waals surface area contributed by atoms with Crippen molar-refractivity contribution in [1.29, 1.82) is 0 Å². The predicted molar refractivity (Wildman–Crippen MR) is 81.2 cm³/mol. The minimum Gasteiger partial charge on any atom is -0.361 e. The molecule has 2 aromatic rings. The summed E-state index contributed by atoms with van der Waals surface area (Å²) >= 11 is 0. The molecule has 1 fully saturated rings. The van der Waals surface area contributed by atoms with E-state index in [2.05, 4.69) is 41.5 Å². The fraction of sp³-hybridized carbons (Fsp3) is 0.529. The van der Waals surface area contributed by atoms with Gasteiger partial charge in [-0.25, -0.2) is 0 Å². The number of aromatic amines is 1. The first-order chi connectivity index (χ1) is 9.34. The molecule has 1 aliphatic carbocycles. The monoisotopic (exact) mass is 256 g/mol. The van der Waals surface area contributed by atoms with Gasteiger partial charge in [0.15, 0.2) is 0 Å². The lowest BCUT2D eigenvalue weighted by molar-refractivity contribution is 0.281. The predicted octanol–water partition coefficient (Wildman–Crippen LogP) is 4.23. The second-order valence-electron chi connectivity index (χ2n) is 5.93. The Morgan fingerprint density at radius 1 is 1.21 bits per heavy atom. The minimum absolute atomic E-state index is 0.630. The fourth-order valence-electron chi connectivity index (χ4n) is 3.37. The molecule has 0 unspecified atom stereocenters. The van der Waals surface area contributed by atoms with Gasteiger partial charge in [0, 0.05) is 24.3 Å². The number of aromatic nitrogens is 1. The molecule has 0 amide bonds. The van der Waals surface area contributed by atoms with Crippen LogP contribution in [0.5, 0.6) is 0 Å². The van der Waals surface area contributed by atoms with E-state index < -0.39 is 0 Å². The molecular formula is C17H24N2. The van der Waals surface area contributed by atoms with Gasteiger partial charge in [0.1, 0.15) is 0 Å². The van der Waals surface area contributed by atoms with Crippen molar-refractivity contribution in [1.82, 2.24) is 10.3 Å². The molecule has 102 valence electrons. The summed E-state index contributed by atoms with van der Waals surface area (Å²) in [5.74, 6) is 0.872. The summed E-state index contributed by atoms with van der Waals surface area (Å²) in [6.45, 7) is 3.32. The Balaban J connectivity index is 1.63. The number of hydrogen-bond acceptors (Lipinski definition) is 1. The first-order valence-corrected chi connectivity index (χ1v) is 7.63. The van der Waals surface area contributed by atoms with Crippen LogP contribution in [-0.2, 0) is 6.54 Å². The second-order valence-corrected chi connectivity index (χ2v) is 5.93. The molecule has 3 rings (SSSR count). The summed E-state index contributed by atoms with van der Waals surface area (Å²) in [5.41, 5.74) is 2.66. The molecule has 0 saturated heterocycles. The summed E-state index contributed by atoms with van der Waals surface area (Å²) < 4.78 is 0. The van der Waals surface area contributed by atoms with Gasteiger partial charge in [-0.3, -0.25) is 0 Å². The summed E-state index contributed by atoms with van der Waals surface area (Å²) in [4.78, 5) is 3.35. The van der Waals surface area contributed by atoms with Gasteiger partial charge in [-0.2, -0.15) is 0 Å². The van der Waals surface area contributed by atoms with Crippen LogP contribution in [0, 0.1) is 5.92 Å². The number of H-pyrrole nitrogens is 1. The highest BCUT2D eigenvalue weighted by Crippen LogP contribution is 2.26. The van der Waals surface area contributed by atoms with Gasteiger partial charge in [0.2, 0.25) is 0 Å². The number of rotatable bonds is 4. The van der Waals surface area contributed by atoms with Crippen LogP contribution >= 0.6 is 0 Å². The fourth-order valence-corrected chi connectivity index (χ4v) is 3.37. The maximum atomic E-state index is 3.73. The van der Waals surface area contributed by atoms with Gasteiger partial charge in [-0.15, -0.1) is 0 Å². The molecule has 1 atom stereocenters. The number of benzene rings is 1. The Labute approximate surface area is 115 Å². The molecule has 2 nitrogen and oxygen atoms in total. The first kappa shape index (κ1) is 12.7. The van der Waals surface area contributed by atoms with Crippen LogP contribution < -0.4 is 5.32 Å². The van der Waals surface area contributed by atoms with Crippen molar-refractivity contribution in [2.75, 3.05) is 0 Å². The highest BCUT2D eigenvalue weighted by Gasteiger charge is 2.19. The maximum absolute atomic E-state index is 3.73. The van der Waals surface area contributed by atoms with Gasteiger partial charge >= 0.3 is 0 Å². The molecule has 19 heavy (non-hydrogen) atoms. The number of para-hydroxylation sites is 1. The Bertz CT molecular complexity index is 523. The highest BCUT2D eigenvalue weighted by molar-refractivity contribution is 5.82. The minimum atomic E-state index is 0.630. The zero-order valence-electron chi connectivity index (χ0n) is 11.8. The van der Waals surface area contributed by atoms with Crippen molar-refractivity contribution in [3.63, 3.8) is 0 Å². The lowest BCUT2D eigenvalue weighted by Gasteiger charge is -2.28. The summed E-state index contributed by atoms with van der Waals surface area (Å²) in [6, 6.07) is 9.31. The second kappa shape index (κ2) is 5.79. The topological polar surface area (TPSA) is 27.8 Å². The zero-order chi connectivity index (χ0) is 13.1. The third-order valence-electron chi connectivity index (χ3n) is 4.64. The van der Waals surface area contributed by atoms with Crippen LogP contribution in [-0.4, -0.2) is 11.0 Å². The van der Waals surface area contributed by atoms with Crippen LogP contribution in [0.15, 0.2) is 30.5 Å².